The Morgan fingerprint density at radius 3 is 2.07 bits per heavy atom. The molecular formula is C21H22O8. The van der Waals surface area contributed by atoms with E-state index in [9.17, 15) is 20.1 Å². The molecule has 1 aliphatic heterocycles. The Labute approximate surface area is 167 Å². The van der Waals surface area contributed by atoms with Crippen molar-refractivity contribution in [2.75, 3.05) is 27.9 Å². The molecule has 8 heteroatoms. The largest absolute Gasteiger partial charge is 0.504 e. The predicted molar refractivity (Wildman–Crippen MR) is 101 cm³/mol. The van der Waals surface area contributed by atoms with Crippen molar-refractivity contribution in [3.63, 3.8) is 0 Å². The van der Waals surface area contributed by atoms with Crippen LogP contribution < -0.4 is 14.2 Å². The minimum Gasteiger partial charge on any atom is -0.504 e. The van der Waals surface area contributed by atoms with Crippen LogP contribution in [0.4, 0.5) is 0 Å². The van der Waals surface area contributed by atoms with Crippen LogP contribution in [0.25, 0.3) is 0 Å². The minimum absolute atomic E-state index is 0.0761. The Hall–Kier alpha value is -3.13. The van der Waals surface area contributed by atoms with Crippen LogP contribution in [-0.4, -0.2) is 49.2 Å². The van der Waals surface area contributed by atoms with E-state index in [1.807, 2.05) is 0 Å². The van der Waals surface area contributed by atoms with Gasteiger partial charge in [-0.1, -0.05) is 0 Å². The van der Waals surface area contributed by atoms with Crippen LogP contribution in [-0.2, 0) is 9.53 Å². The van der Waals surface area contributed by atoms with Gasteiger partial charge in [-0.3, -0.25) is 4.79 Å². The van der Waals surface area contributed by atoms with Crippen molar-refractivity contribution in [3.8, 4) is 28.7 Å². The molecule has 0 amide bonds. The summed E-state index contributed by atoms with van der Waals surface area (Å²) in [5.41, 5.74) is 1.65. The number of aliphatic hydroxyl groups is 1. The van der Waals surface area contributed by atoms with Gasteiger partial charge in [-0.15, -0.1) is 0 Å². The van der Waals surface area contributed by atoms with Gasteiger partial charge in [0.05, 0.1) is 40.0 Å². The summed E-state index contributed by atoms with van der Waals surface area (Å²) in [7, 11) is 4.49. The van der Waals surface area contributed by atoms with Gasteiger partial charge in [-0.2, -0.15) is 0 Å². The summed E-state index contributed by atoms with van der Waals surface area (Å²) >= 11 is 0. The molecule has 0 aromatic heterocycles. The third kappa shape index (κ3) is 2.82. The van der Waals surface area contributed by atoms with Crippen molar-refractivity contribution in [3.05, 3.63) is 41.0 Å². The summed E-state index contributed by atoms with van der Waals surface area (Å²) in [6.07, 6.45) is -1.01. The van der Waals surface area contributed by atoms with E-state index in [2.05, 4.69) is 0 Å². The fraction of sp³-hybridized carbons (Fsp3) is 0.381. The smallest absolute Gasteiger partial charge is 0.310 e. The number of fused-ring (bicyclic) bond motifs is 2. The van der Waals surface area contributed by atoms with Crippen molar-refractivity contribution >= 4 is 5.97 Å². The fourth-order valence-electron chi connectivity index (χ4n) is 4.45. The average molecular weight is 402 g/mol. The number of phenolic OH excluding ortho intramolecular Hbond substituents is 2. The second-order valence-electron chi connectivity index (χ2n) is 7.17. The molecule has 0 radical (unpaired) electrons. The molecule has 2 aromatic carbocycles. The maximum atomic E-state index is 12.6. The van der Waals surface area contributed by atoms with Crippen LogP contribution in [0.5, 0.6) is 28.7 Å². The number of methoxy groups -OCH3 is 3. The fourth-order valence-corrected chi connectivity index (χ4v) is 4.45. The number of carbonyl (C=O) groups excluding carboxylic acids is 1. The zero-order valence-corrected chi connectivity index (χ0v) is 16.2. The van der Waals surface area contributed by atoms with Gasteiger partial charge >= 0.3 is 5.97 Å². The zero-order chi connectivity index (χ0) is 20.9. The molecular weight excluding hydrogens is 380 g/mol. The highest BCUT2D eigenvalue weighted by molar-refractivity contribution is 5.79. The Morgan fingerprint density at radius 2 is 1.52 bits per heavy atom. The maximum Gasteiger partial charge on any atom is 0.310 e. The van der Waals surface area contributed by atoms with Crippen molar-refractivity contribution in [1.29, 1.82) is 0 Å². The lowest BCUT2D eigenvalue weighted by molar-refractivity contribution is -0.141. The molecule has 154 valence electrons. The van der Waals surface area contributed by atoms with Crippen LogP contribution in [0, 0.1) is 11.8 Å². The molecule has 1 aliphatic carbocycles. The third-order valence-electron chi connectivity index (χ3n) is 5.80. The first-order valence-electron chi connectivity index (χ1n) is 9.11. The van der Waals surface area contributed by atoms with E-state index in [4.69, 9.17) is 18.9 Å². The van der Waals surface area contributed by atoms with Gasteiger partial charge in [0.1, 0.15) is 0 Å². The zero-order valence-electron chi connectivity index (χ0n) is 16.2. The van der Waals surface area contributed by atoms with Gasteiger partial charge in [-0.25, -0.2) is 0 Å². The topological polar surface area (TPSA) is 115 Å². The summed E-state index contributed by atoms with van der Waals surface area (Å²) in [6, 6.07) is 6.18. The number of carbonyl (C=O) groups is 1. The highest BCUT2D eigenvalue weighted by Gasteiger charge is 2.52. The molecule has 4 atom stereocenters. The standard InChI is InChI=1S/C21H22O8/c1-26-15-4-9(5-16(27-2)20(15)28-3)17-10-6-13(22)14(23)7-11(10)19(24)12-8-29-21(25)18(12)17/h4-7,12,17-19,22-24H,8H2,1-3H3/t12-,17+,18-,19-/m0/s1. The Bertz CT molecular complexity index is 944. The number of aliphatic hydroxyl groups excluding tert-OH is 1. The van der Waals surface area contributed by atoms with Crippen LogP contribution in [0.2, 0.25) is 0 Å². The number of rotatable bonds is 4. The van der Waals surface area contributed by atoms with E-state index in [0.717, 1.165) is 0 Å². The van der Waals surface area contributed by atoms with Crippen LogP contribution >= 0.6 is 0 Å². The molecule has 29 heavy (non-hydrogen) atoms. The first-order chi connectivity index (χ1) is 13.9. The van der Waals surface area contributed by atoms with Gasteiger partial charge in [0.2, 0.25) is 5.75 Å². The summed E-state index contributed by atoms with van der Waals surface area (Å²) in [6.45, 7) is 0.0761. The molecule has 2 aliphatic rings. The first kappa shape index (κ1) is 19.2. The normalized spacial score (nSPS) is 25.0. The van der Waals surface area contributed by atoms with Crippen LogP contribution in [0.1, 0.15) is 28.7 Å². The van der Waals surface area contributed by atoms with Gasteiger partial charge < -0.3 is 34.3 Å². The van der Waals surface area contributed by atoms with Crippen molar-refractivity contribution in [1.82, 2.24) is 0 Å². The number of ether oxygens (including phenoxy) is 4. The highest BCUT2D eigenvalue weighted by Crippen LogP contribution is 2.54. The second-order valence-corrected chi connectivity index (χ2v) is 7.17. The van der Waals surface area contributed by atoms with E-state index < -0.39 is 29.8 Å². The van der Waals surface area contributed by atoms with Crippen LogP contribution in [0.15, 0.2) is 24.3 Å². The van der Waals surface area contributed by atoms with E-state index >= 15 is 0 Å². The molecule has 8 nitrogen and oxygen atoms in total. The van der Waals surface area contributed by atoms with Crippen molar-refractivity contribution in [2.24, 2.45) is 11.8 Å². The number of phenols is 2. The lowest BCUT2D eigenvalue weighted by atomic mass is 9.66. The Kier molecular flexibility index (Phi) is 4.66. The maximum absolute atomic E-state index is 12.6. The number of hydrogen-bond donors (Lipinski definition) is 3. The van der Waals surface area contributed by atoms with E-state index in [1.165, 1.54) is 33.5 Å². The molecule has 0 bridgehead atoms. The number of cyclic esters (lactones) is 1. The Morgan fingerprint density at radius 1 is 0.931 bits per heavy atom. The van der Waals surface area contributed by atoms with E-state index in [1.54, 1.807) is 12.1 Å². The lowest BCUT2D eigenvalue weighted by Gasteiger charge is -2.37. The second kappa shape index (κ2) is 7.04. The van der Waals surface area contributed by atoms with Crippen molar-refractivity contribution in [2.45, 2.75) is 12.0 Å². The molecule has 1 fully saturated rings. The first-order valence-corrected chi connectivity index (χ1v) is 9.11. The molecule has 4 rings (SSSR count). The van der Waals surface area contributed by atoms with Gasteiger partial charge in [0.15, 0.2) is 23.0 Å². The molecule has 0 spiro atoms. The molecule has 1 heterocycles. The Balaban J connectivity index is 1.97. The molecule has 0 saturated carbocycles. The molecule has 0 unspecified atom stereocenters. The summed E-state index contributed by atoms with van der Waals surface area (Å²) in [5.74, 6) is -1.55. The summed E-state index contributed by atoms with van der Waals surface area (Å²) in [4.78, 5) is 12.6. The third-order valence-corrected chi connectivity index (χ3v) is 5.80. The number of hydrogen-bond acceptors (Lipinski definition) is 8. The summed E-state index contributed by atoms with van der Waals surface area (Å²) in [5, 5.41) is 30.9. The van der Waals surface area contributed by atoms with Gasteiger partial charge in [0, 0.05) is 11.8 Å². The summed E-state index contributed by atoms with van der Waals surface area (Å²) < 4.78 is 21.5. The monoisotopic (exact) mass is 402 g/mol. The highest BCUT2D eigenvalue weighted by atomic mass is 16.5. The van der Waals surface area contributed by atoms with E-state index in [0.29, 0.717) is 33.9 Å². The quantitative estimate of drug-likeness (QED) is 0.526. The SMILES string of the molecule is COc1cc([C@@H]2c3cc(O)c(O)cc3[C@H](O)[C@H]3COC(=O)[C@H]23)cc(OC)c1OC. The lowest BCUT2D eigenvalue weighted by Crippen LogP contribution is -2.34. The van der Waals surface area contributed by atoms with Gasteiger partial charge in [0.25, 0.3) is 0 Å². The van der Waals surface area contributed by atoms with E-state index in [-0.39, 0.29) is 18.1 Å². The molecule has 1 saturated heterocycles. The van der Waals surface area contributed by atoms with Crippen molar-refractivity contribution < 1.29 is 39.1 Å². The number of benzene rings is 2. The minimum atomic E-state index is -1.01. The average Bonchev–Trinajstić information content (AvgIpc) is 3.10. The molecule has 2 aromatic rings. The van der Waals surface area contributed by atoms with Gasteiger partial charge in [-0.05, 0) is 41.0 Å². The predicted octanol–water partition coefficient (Wildman–Crippen LogP) is 2.09. The molecule has 3 N–H and O–H groups in total. The number of esters is 1. The van der Waals surface area contributed by atoms with Crippen LogP contribution in [0.3, 0.4) is 0 Å². The number of aromatic hydroxyl groups is 2.